The monoisotopic (exact) mass is 446 g/mol. The van der Waals surface area contributed by atoms with Gasteiger partial charge in [0.25, 0.3) is 0 Å². The van der Waals surface area contributed by atoms with Gasteiger partial charge in [0, 0.05) is 13.1 Å². The molecule has 1 aromatic heterocycles. The van der Waals surface area contributed by atoms with E-state index in [9.17, 15) is 9.18 Å². The van der Waals surface area contributed by atoms with Crippen molar-refractivity contribution in [2.45, 2.75) is 35.9 Å². The molecular formula is C21H20ClFN4O2S. The molecule has 3 aromatic rings. The van der Waals surface area contributed by atoms with Crippen LogP contribution in [-0.2, 0) is 18.4 Å². The van der Waals surface area contributed by atoms with Crippen LogP contribution in [0, 0.1) is 5.82 Å². The van der Waals surface area contributed by atoms with Crippen molar-refractivity contribution in [3.63, 3.8) is 0 Å². The Bertz CT molecular complexity index is 1040. The molecule has 0 saturated heterocycles. The zero-order valence-electron chi connectivity index (χ0n) is 16.2. The van der Waals surface area contributed by atoms with Crippen LogP contribution in [0.4, 0.5) is 4.39 Å². The van der Waals surface area contributed by atoms with Gasteiger partial charge in [0.05, 0.1) is 5.02 Å². The second kappa shape index (κ2) is 9.06. The summed E-state index contributed by atoms with van der Waals surface area (Å²) in [6, 6.07) is 13.4. The molecule has 1 fully saturated rings. The molecule has 1 atom stereocenters. The number of hydrogen-bond acceptors (Lipinski definition) is 5. The lowest BCUT2D eigenvalue weighted by Gasteiger charge is -2.16. The number of benzene rings is 2. The highest BCUT2D eigenvalue weighted by atomic mass is 35.5. The van der Waals surface area contributed by atoms with Crippen LogP contribution >= 0.6 is 23.4 Å². The lowest BCUT2D eigenvalue weighted by atomic mass is 10.1. The standard InChI is InChI=1S/C21H20ClFN4O2S/c1-27-18(12-29-17-5-3-2-4-16(17)22)25-26-21(27)30-19(20(28)24-15-10-11-15)13-6-8-14(23)9-7-13/h2-9,15,19H,10-12H2,1H3,(H,24,28). The van der Waals surface area contributed by atoms with Crippen molar-refractivity contribution in [3.8, 4) is 5.75 Å². The summed E-state index contributed by atoms with van der Waals surface area (Å²) < 4.78 is 20.9. The summed E-state index contributed by atoms with van der Waals surface area (Å²) in [5.41, 5.74) is 0.705. The Morgan fingerprint density at radius 3 is 2.70 bits per heavy atom. The van der Waals surface area contributed by atoms with Gasteiger partial charge in [-0.2, -0.15) is 0 Å². The van der Waals surface area contributed by atoms with Gasteiger partial charge in [-0.15, -0.1) is 10.2 Å². The topological polar surface area (TPSA) is 69.0 Å². The molecule has 156 valence electrons. The summed E-state index contributed by atoms with van der Waals surface area (Å²) in [6.07, 6.45) is 1.97. The second-order valence-electron chi connectivity index (χ2n) is 7.01. The van der Waals surface area contributed by atoms with E-state index in [-0.39, 0.29) is 24.4 Å². The number of thioether (sulfide) groups is 1. The van der Waals surface area contributed by atoms with E-state index in [1.165, 1.54) is 23.9 Å². The van der Waals surface area contributed by atoms with E-state index in [1.807, 2.05) is 19.2 Å². The number of halogens is 2. The van der Waals surface area contributed by atoms with Gasteiger partial charge in [0.15, 0.2) is 11.0 Å². The molecule has 2 aromatic carbocycles. The summed E-state index contributed by atoms with van der Waals surface area (Å²) in [5.74, 6) is 0.691. The number of nitrogens with one attached hydrogen (secondary N) is 1. The van der Waals surface area contributed by atoms with E-state index in [4.69, 9.17) is 16.3 Å². The molecule has 6 nitrogen and oxygen atoms in total. The summed E-state index contributed by atoms with van der Waals surface area (Å²) in [4.78, 5) is 12.8. The number of aromatic nitrogens is 3. The second-order valence-corrected chi connectivity index (χ2v) is 8.49. The van der Waals surface area contributed by atoms with Crippen molar-refractivity contribution in [1.29, 1.82) is 0 Å². The normalized spacial score (nSPS) is 14.4. The molecule has 1 heterocycles. The minimum absolute atomic E-state index is 0.119. The number of hydrogen-bond donors (Lipinski definition) is 1. The maximum Gasteiger partial charge on any atom is 0.238 e. The molecule has 1 N–H and O–H groups in total. The van der Waals surface area contributed by atoms with Gasteiger partial charge in [-0.1, -0.05) is 47.6 Å². The Morgan fingerprint density at radius 1 is 1.27 bits per heavy atom. The predicted octanol–water partition coefficient (Wildman–Crippen LogP) is 4.30. The van der Waals surface area contributed by atoms with Crippen molar-refractivity contribution >= 4 is 29.3 Å². The Balaban J connectivity index is 1.50. The third-order valence-corrected chi connectivity index (χ3v) is 6.28. The SMILES string of the molecule is Cn1c(COc2ccccc2Cl)nnc1SC(C(=O)NC1CC1)c1ccc(F)cc1. The van der Waals surface area contributed by atoms with Crippen LogP contribution < -0.4 is 10.1 Å². The zero-order valence-corrected chi connectivity index (χ0v) is 17.8. The van der Waals surface area contributed by atoms with Crippen LogP contribution in [-0.4, -0.2) is 26.7 Å². The van der Waals surface area contributed by atoms with Gasteiger partial charge in [-0.25, -0.2) is 4.39 Å². The summed E-state index contributed by atoms with van der Waals surface area (Å²) >= 11 is 7.39. The molecule has 0 bridgehead atoms. The third-order valence-electron chi connectivity index (χ3n) is 4.68. The van der Waals surface area contributed by atoms with Crippen LogP contribution in [0.25, 0.3) is 0 Å². The van der Waals surface area contributed by atoms with Gasteiger partial charge in [0.2, 0.25) is 5.91 Å². The minimum Gasteiger partial charge on any atom is -0.484 e. The molecule has 0 aliphatic heterocycles. The number of ether oxygens (including phenoxy) is 1. The number of para-hydroxylation sites is 1. The molecule has 30 heavy (non-hydrogen) atoms. The molecule has 1 aliphatic carbocycles. The molecule has 9 heteroatoms. The Hall–Kier alpha value is -2.58. The molecule has 0 spiro atoms. The first kappa shape index (κ1) is 20.7. The molecule has 1 unspecified atom stereocenters. The van der Waals surface area contributed by atoms with E-state index in [1.54, 1.807) is 28.8 Å². The van der Waals surface area contributed by atoms with Crippen LogP contribution in [0.5, 0.6) is 5.75 Å². The summed E-state index contributed by atoms with van der Waals surface area (Å²) in [6.45, 7) is 0.184. The molecule has 1 amide bonds. The third kappa shape index (κ3) is 4.94. The van der Waals surface area contributed by atoms with Crippen LogP contribution in [0.3, 0.4) is 0 Å². The van der Waals surface area contributed by atoms with Crippen molar-refractivity contribution < 1.29 is 13.9 Å². The summed E-state index contributed by atoms with van der Waals surface area (Å²) in [7, 11) is 1.81. The molecular weight excluding hydrogens is 427 g/mol. The van der Waals surface area contributed by atoms with E-state index >= 15 is 0 Å². The molecule has 1 aliphatic rings. The minimum atomic E-state index is -0.563. The van der Waals surface area contributed by atoms with E-state index in [0.717, 1.165) is 12.8 Å². The largest absolute Gasteiger partial charge is 0.484 e. The number of amides is 1. The smallest absolute Gasteiger partial charge is 0.238 e. The average molecular weight is 447 g/mol. The fraction of sp³-hybridized carbons (Fsp3) is 0.286. The molecule has 1 saturated carbocycles. The fourth-order valence-electron chi connectivity index (χ4n) is 2.80. The first-order valence-electron chi connectivity index (χ1n) is 9.49. The Labute approximate surface area is 182 Å². The lowest BCUT2D eigenvalue weighted by molar-refractivity contribution is -0.120. The number of carbonyl (C=O) groups is 1. The van der Waals surface area contributed by atoms with E-state index in [2.05, 4.69) is 15.5 Å². The van der Waals surface area contributed by atoms with E-state index in [0.29, 0.717) is 27.3 Å². The first-order chi connectivity index (χ1) is 14.5. The zero-order chi connectivity index (χ0) is 21.1. The number of nitrogens with zero attached hydrogens (tertiary/aromatic N) is 3. The van der Waals surface area contributed by atoms with Gasteiger partial charge in [0.1, 0.15) is 23.4 Å². The molecule has 4 rings (SSSR count). The van der Waals surface area contributed by atoms with Crippen molar-refractivity contribution in [1.82, 2.24) is 20.1 Å². The van der Waals surface area contributed by atoms with E-state index < -0.39 is 5.25 Å². The highest BCUT2D eigenvalue weighted by Gasteiger charge is 2.30. The predicted molar refractivity (Wildman–Crippen MR) is 113 cm³/mol. The maximum absolute atomic E-state index is 13.4. The van der Waals surface area contributed by atoms with Gasteiger partial charge in [-0.3, -0.25) is 4.79 Å². The van der Waals surface area contributed by atoms with Crippen molar-refractivity contribution in [3.05, 3.63) is 70.8 Å². The lowest BCUT2D eigenvalue weighted by Crippen LogP contribution is -2.30. The van der Waals surface area contributed by atoms with Gasteiger partial charge < -0.3 is 14.6 Å². The molecule has 0 radical (unpaired) electrons. The summed E-state index contributed by atoms with van der Waals surface area (Å²) in [5, 5.41) is 11.9. The fourth-order valence-corrected chi connectivity index (χ4v) is 4.02. The Morgan fingerprint density at radius 2 is 2.00 bits per heavy atom. The van der Waals surface area contributed by atoms with Crippen molar-refractivity contribution in [2.24, 2.45) is 7.05 Å². The van der Waals surface area contributed by atoms with Crippen LogP contribution in [0.2, 0.25) is 5.02 Å². The quantitative estimate of drug-likeness (QED) is 0.522. The van der Waals surface area contributed by atoms with Crippen LogP contribution in [0.15, 0.2) is 53.7 Å². The first-order valence-corrected chi connectivity index (χ1v) is 10.7. The average Bonchev–Trinajstić information content (AvgIpc) is 3.49. The number of rotatable bonds is 8. The highest BCUT2D eigenvalue weighted by Crippen LogP contribution is 2.36. The van der Waals surface area contributed by atoms with Crippen LogP contribution in [0.1, 0.15) is 29.5 Å². The maximum atomic E-state index is 13.4. The Kier molecular flexibility index (Phi) is 6.24. The van der Waals surface area contributed by atoms with Crippen molar-refractivity contribution in [2.75, 3.05) is 0 Å². The van der Waals surface area contributed by atoms with Gasteiger partial charge in [-0.05, 0) is 42.7 Å². The highest BCUT2D eigenvalue weighted by molar-refractivity contribution is 8.00. The number of carbonyl (C=O) groups excluding carboxylic acids is 1. The van der Waals surface area contributed by atoms with Gasteiger partial charge >= 0.3 is 0 Å².